The highest BCUT2D eigenvalue weighted by Gasteiger charge is 2.61. The van der Waals surface area contributed by atoms with E-state index in [0.717, 1.165) is 24.7 Å². The van der Waals surface area contributed by atoms with E-state index in [1.54, 1.807) is 0 Å². The lowest BCUT2D eigenvalue weighted by molar-refractivity contribution is -0.384. The molecule has 2 unspecified atom stereocenters. The number of amides is 2. The molecule has 1 N–H and O–H groups in total. The molecule has 2 amide bonds. The predicted molar refractivity (Wildman–Crippen MR) is 138 cm³/mol. The average molecular weight is 496 g/mol. The molecule has 3 aliphatic carbocycles. The van der Waals surface area contributed by atoms with Gasteiger partial charge in [0.2, 0.25) is 5.91 Å². The van der Waals surface area contributed by atoms with Crippen LogP contribution in [0.4, 0.5) is 5.69 Å². The number of benzene rings is 1. The van der Waals surface area contributed by atoms with Gasteiger partial charge in [-0.2, -0.15) is 0 Å². The van der Waals surface area contributed by atoms with Crippen LogP contribution in [-0.4, -0.2) is 41.3 Å². The Morgan fingerprint density at radius 3 is 2.47 bits per heavy atom. The second kappa shape index (κ2) is 9.14. The summed E-state index contributed by atoms with van der Waals surface area (Å²) in [6.45, 7) is 7.90. The minimum atomic E-state index is -0.450. The van der Waals surface area contributed by atoms with Crippen molar-refractivity contribution in [1.82, 2.24) is 10.2 Å². The quantitative estimate of drug-likeness (QED) is 0.435. The Morgan fingerprint density at radius 1 is 1.08 bits per heavy atom. The lowest BCUT2D eigenvalue weighted by Crippen LogP contribution is -2.61. The van der Waals surface area contributed by atoms with Crippen LogP contribution in [0.25, 0.3) is 0 Å². The van der Waals surface area contributed by atoms with E-state index in [9.17, 15) is 19.7 Å². The van der Waals surface area contributed by atoms with Crippen molar-refractivity contribution in [2.45, 2.75) is 78.2 Å². The van der Waals surface area contributed by atoms with Gasteiger partial charge in [-0.1, -0.05) is 20.8 Å². The zero-order chi connectivity index (χ0) is 25.8. The van der Waals surface area contributed by atoms with Gasteiger partial charge in [0.05, 0.1) is 4.92 Å². The number of likely N-dealkylation sites (tertiary alicyclic amines) is 1. The molecule has 0 spiro atoms. The van der Waals surface area contributed by atoms with Crippen molar-refractivity contribution in [2.24, 2.45) is 40.4 Å². The minimum Gasteiger partial charge on any atom is -0.352 e. The van der Waals surface area contributed by atoms with Crippen molar-refractivity contribution >= 4 is 17.5 Å². The summed E-state index contributed by atoms with van der Waals surface area (Å²) >= 11 is 0. The molecule has 0 radical (unpaired) electrons. The summed E-state index contributed by atoms with van der Waals surface area (Å²) in [5.41, 5.74) is 1.01. The molecule has 8 atom stereocenters. The van der Waals surface area contributed by atoms with Gasteiger partial charge in [0, 0.05) is 43.8 Å². The second-order valence-electron chi connectivity index (χ2n) is 12.7. The maximum atomic E-state index is 12.7. The second-order valence-corrected chi connectivity index (χ2v) is 12.7. The number of nitro benzene ring substituents is 1. The Labute approximate surface area is 214 Å². The summed E-state index contributed by atoms with van der Waals surface area (Å²) in [7, 11) is 2.02. The number of non-ortho nitro benzene ring substituents is 1. The zero-order valence-electron chi connectivity index (χ0n) is 22.2. The van der Waals surface area contributed by atoms with Crippen LogP contribution < -0.4 is 5.32 Å². The lowest BCUT2D eigenvalue weighted by atomic mass is 9.46. The summed E-state index contributed by atoms with van der Waals surface area (Å²) in [6, 6.07) is 6.22. The normalized spacial score (nSPS) is 38.5. The van der Waals surface area contributed by atoms with Crippen LogP contribution in [0, 0.1) is 50.5 Å². The highest BCUT2D eigenvalue weighted by Crippen LogP contribution is 2.67. The van der Waals surface area contributed by atoms with Crippen molar-refractivity contribution in [3.63, 3.8) is 0 Å². The van der Waals surface area contributed by atoms with Gasteiger partial charge >= 0.3 is 0 Å². The first-order chi connectivity index (χ1) is 17.1. The Morgan fingerprint density at radius 2 is 1.78 bits per heavy atom. The summed E-state index contributed by atoms with van der Waals surface area (Å²) in [5, 5.41) is 14.0. The molecule has 196 valence electrons. The van der Waals surface area contributed by atoms with Crippen molar-refractivity contribution < 1.29 is 14.5 Å². The van der Waals surface area contributed by atoms with Gasteiger partial charge in [0.15, 0.2) is 0 Å². The van der Waals surface area contributed by atoms with Crippen LogP contribution in [0.3, 0.4) is 0 Å². The van der Waals surface area contributed by atoms with Crippen LogP contribution >= 0.6 is 0 Å². The third-order valence-electron chi connectivity index (χ3n) is 11.2. The number of nitrogens with one attached hydrogen (secondary N) is 1. The van der Waals surface area contributed by atoms with E-state index in [0.29, 0.717) is 53.6 Å². The van der Waals surface area contributed by atoms with Gasteiger partial charge in [0.1, 0.15) is 0 Å². The van der Waals surface area contributed by atoms with Gasteiger partial charge in [0.25, 0.3) is 11.6 Å². The Hall–Kier alpha value is -2.44. The summed E-state index contributed by atoms with van der Waals surface area (Å²) in [4.78, 5) is 37.6. The lowest BCUT2D eigenvalue weighted by Gasteiger charge is -2.62. The van der Waals surface area contributed by atoms with E-state index in [1.165, 1.54) is 56.4 Å². The number of hydrogen-bond acceptors (Lipinski definition) is 4. The standard InChI is InChI=1S/C29H41N3O4/c1-18(17-30-27(34)19-5-7-20(8-6-19)32(35)36)22-10-11-23-21-9-12-25-29(3,16-14-26(33)31(25)4)24(21)13-15-28(22,23)2/h5-8,18,21-25H,9-17H2,1-4H3,(H,30,34)/t18?,21-,22+,23-,24-,25?,28+,29+/m0/s1. The van der Waals surface area contributed by atoms with Crippen LogP contribution in [0.15, 0.2) is 24.3 Å². The van der Waals surface area contributed by atoms with Gasteiger partial charge < -0.3 is 10.2 Å². The molecule has 4 fully saturated rings. The highest BCUT2D eigenvalue weighted by molar-refractivity contribution is 5.94. The molecule has 7 heteroatoms. The number of fused-ring (bicyclic) bond motifs is 5. The van der Waals surface area contributed by atoms with Crippen molar-refractivity contribution in [1.29, 1.82) is 0 Å². The monoisotopic (exact) mass is 495 g/mol. The van der Waals surface area contributed by atoms with E-state index < -0.39 is 4.92 Å². The molecular weight excluding hydrogens is 454 g/mol. The first-order valence-electron chi connectivity index (χ1n) is 13.8. The molecule has 1 heterocycles. The SMILES string of the molecule is CC(CNC(=O)c1ccc([N+](=O)[O-])cc1)[C@H]1CC[C@H]2[C@@H]3CCC4N(C)C(=O)CC[C@]4(C)[C@H]3CC[C@]12C. The number of carbonyl (C=O) groups is 2. The van der Waals surface area contributed by atoms with Gasteiger partial charge in [-0.15, -0.1) is 0 Å². The van der Waals surface area contributed by atoms with Crippen LogP contribution in [-0.2, 0) is 4.79 Å². The number of nitro groups is 1. The van der Waals surface area contributed by atoms with Crippen LogP contribution in [0.1, 0.15) is 82.5 Å². The first kappa shape index (κ1) is 25.2. The smallest absolute Gasteiger partial charge is 0.269 e. The van der Waals surface area contributed by atoms with Crippen molar-refractivity contribution in [3.8, 4) is 0 Å². The molecule has 36 heavy (non-hydrogen) atoms. The minimum absolute atomic E-state index is 0.00481. The zero-order valence-corrected chi connectivity index (χ0v) is 22.2. The predicted octanol–water partition coefficient (Wildman–Crippen LogP) is 5.44. The van der Waals surface area contributed by atoms with Crippen molar-refractivity contribution in [3.05, 3.63) is 39.9 Å². The fourth-order valence-corrected chi connectivity index (χ4v) is 9.36. The molecule has 4 aliphatic rings. The number of hydrogen-bond donors (Lipinski definition) is 1. The number of rotatable bonds is 5. The van der Waals surface area contributed by atoms with Gasteiger partial charge in [-0.25, -0.2) is 0 Å². The number of piperidine rings is 1. The summed E-state index contributed by atoms with van der Waals surface area (Å²) < 4.78 is 0. The summed E-state index contributed by atoms with van der Waals surface area (Å²) in [5.74, 6) is 3.31. The molecular formula is C29H41N3O4. The third-order valence-corrected chi connectivity index (χ3v) is 11.2. The van der Waals surface area contributed by atoms with Gasteiger partial charge in [-0.3, -0.25) is 19.7 Å². The molecule has 1 saturated heterocycles. The molecule has 1 aromatic rings. The third kappa shape index (κ3) is 3.93. The molecule has 1 aliphatic heterocycles. The molecule has 0 bridgehead atoms. The first-order valence-corrected chi connectivity index (χ1v) is 13.8. The number of nitrogens with zero attached hydrogens (tertiary/aromatic N) is 2. The highest BCUT2D eigenvalue weighted by atomic mass is 16.6. The number of carbonyl (C=O) groups excluding carboxylic acids is 2. The molecule has 3 saturated carbocycles. The maximum Gasteiger partial charge on any atom is 0.269 e. The molecule has 7 nitrogen and oxygen atoms in total. The molecule has 1 aromatic carbocycles. The van der Waals surface area contributed by atoms with E-state index in [-0.39, 0.29) is 17.0 Å². The summed E-state index contributed by atoms with van der Waals surface area (Å²) in [6.07, 6.45) is 9.10. The van der Waals surface area contributed by atoms with Crippen LogP contribution in [0.5, 0.6) is 0 Å². The van der Waals surface area contributed by atoms with Crippen molar-refractivity contribution in [2.75, 3.05) is 13.6 Å². The maximum absolute atomic E-state index is 12.7. The van der Waals surface area contributed by atoms with Crippen LogP contribution in [0.2, 0.25) is 0 Å². The van der Waals surface area contributed by atoms with Gasteiger partial charge in [-0.05, 0) is 97.5 Å². The Bertz CT molecular complexity index is 1040. The average Bonchev–Trinajstić information content (AvgIpc) is 3.22. The van der Waals surface area contributed by atoms with E-state index >= 15 is 0 Å². The fourth-order valence-electron chi connectivity index (χ4n) is 9.36. The van der Waals surface area contributed by atoms with E-state index in [4.69, 9.17) is 0 Å². The largest absolute Gasteiger partial charge is 0.352 e. The van der Waals surface area contributed by atoms with E-state index in [1.807, 2.05) is 7.05 Å². The molecule has 0 aromatic heterocycles. The Balaban J connectivity index is 1.24. The molecule has 5 rings (SSSR count). The fraction of sp³-hybridized carbons (Fsp3) is 0.724. The topological polar surface area (TPSA) is 92.5 Å². The Kier molecular flexibility index (Phi) is 6.40. The van der Waals surface area contributed by atoms with E-state index in [2.05, 4.69) is 31.0 Å².